The maximum atomic E-state index is 14.6. The van der Waals surface area contributed by atoms with Crippen molar-refractivity contribution in [2.75, 3.05) is 66.1 Å². The molecule has 6 heterocycles. The lowest BCUT2D eigenvalue weighted by atomic mass is 9.77. The number of methoxy groups -OCH3 is 2. The summed E-state index contributed by atoms with van der Waals surface area (Å²) < 4.78 is 75.7. The van der Waals surface area contributed by atoms with Crippen LogP contribution in [-0.2, 0) is 66.4 Å². The van der Waals surface area contributed by atoms with Crippen LogP contribution in [0.1, 0.15) is 190 Å². The first-order valence-electron chi connectivity index (χ1n) is 44.6. The molecule has 0 unspecified atom stereocenters. The first kappa shape index (κ1) is 105. The molecule has 3 aromatic carbocycles. The van der Waals surface area contributed by atoms with Crippen molar-refractivity contribution < 1.29 is 127 Å². The number of aliphatic hydroxyl groups excluding tert-OH is 6. The molecule has 6 aliphatic rings. The van der Waals surface area contributed by atoms with Crippen molar-refractivity contribution in [1.29, 1.82) is 0 Å². The van der Waals surface area contributed by atoms with Crippen LogP contribution in [0.5, 0.6) is 0 Å². The lowest BCUT2D eigenvalue weighted by molar-refractivity contribution is -0.318. The Kier molecular flexibility index (Phi) is 36.6. The van der Waals surface area contributed by atoms with Gasteiger partial charge in [0.15, 0.2) is 25.2 Å². The fraction of sp³-hybridized carbons (Fsp3) is 0.783. The number of hydrogen-bond acceptors (Lipinski definition) is 28. The molecule has 0 saturated carbocycles. The molecule has 0 spiro atoms. The number of anilines is 2. The minimum atomic E-state index is -2.06. The SMILES string of the molecule is CC[C@H]1OC(=O)[C@H](C)[C@@H](O[C@H]2C[C@@](C)(OC)[C@@H](O)[C@H](C)O2)[C@H](C)[C@@H](O[C@@H]2O[C@H](C)C[C@H](N(C)C)[C@H]2O)[C@](C)(O)C[C@@H](C)CN(C(=O)Nc2cccc(Cl)c2)[C@H](C)[C@@H](O)[C@]1(C)O.CC[C@H]1OC(=O)[C@H](C)[C@@H](O[C@H]2C[C@@](C)(OC)[C@@H](O)[C@H](C)O2)[C@H](C)[C@@H](O[C@@H]2O[C@H](C)C[C@H](N(C)C)[C@H]2O)[C@](C)(O)C[C@@H](C)CN(C(=O)Nc2cccc3ccccc23)[C@H](C)[C@@H](O)[C@]1(C)O. The summed E-state index contributed by atoms with van der Waals surface area (Å²) in [6.07, 6.45) is -19.7. The monoisotopic (exact) mass is 1790 g/mol. The van der Waals surface area contributed by atoms with Crippen molar-refractivity contribution in [1.82, 2.24) is 19.6 Å². The number of fused-ring (bicyclic) bond motifs is 1. The zero-order valence-electron chi connectivity index (χ0n) is 78.4. The van der Waals surface area contributed by atoms with Crippen LogP contribution in [0.2, 0.25) is 5.02 Å². The van der Waals surface area contributed by atoms with Crippen LogP contribution < -0.4 is 10.6 Å². The Morgan fingerprint density at radius 2 is 0.896 bits per heavy atom. The van der Waals surface area contributed by atoms with Gasteiger partial charge in [-0.3, -0.25) is 9.59 Å². The van der Waals surface area contributed by atoms with E-state index in [0.29, 0.717) is 29.2 Å². The van der Waals surface area contributed by atoms with Gasteiger partial charge in [-0.25, -0.2) is 9.59 Å². The molecule has 0 aliphatic carbocycles. The van der Waals surface area contributed by atoms with E-state index < -0.39 is 216 Å². The number of halogens is 1. The van der Waals surface area contributed by atoms with Crippen LogP contribution in [0, 0.1) is 35.5 Å². The second-order valence-electron chi connectivity index (χ2n) is 38.7. The van der Waals surface area contributed by atoms with Gasteiger partial charge in [-0.2, -0.15) is 0 Å². The maximum Gasteiger partial charge on any atom is 0.322 e. The molecule has 125 heavy (non-hydrogen) atoms. The lowest BCUT2D eigenvalue weighted by Crippen LogP contribution is -2.61. The molecule has 712 valence electrons. The van der Waals surface area contributed by atoms with E-state index in [1.54, 1.807) is 127 Å². The van der Waals surface area contributed by atoms with Gasteiger partial charge in [0.1, 0.15) is 60.0 Å². The molecule has 12 N–H and O–H groups in total. The third-order valence-corrected chi connectivity index (χ3v) is 27.7. The van der Waals surface area contributed by atoms with Crippen LogP contribution in [0.15, 0.2) is 66.7 Å². The minimum absolute atomic E-state index is 0.00306. The summed E-state index contributed by atoms with van der Waals surface area (Å²) in [4.78, 5) is 64.3. The number of hydrogen-bond donors (Lipinski definition) is 12. The average molecular weight is 1790 g/mol. The molecule has 3 aromatic rings. The van der Waals surface area contributed by atoms with E-state index in [1.165, 1.54) is 37.9 Å². The molecule has 36 atom stereocenters. The number of carbonyl (C=O) groups is 4. The van der Waals surface area contributed by atoms with Gasteiger partial charge in [0, 0.05) is 80.2 Å². The van der Waals surface area contributed by atoms with Crippen LogP contribution >= 0.6 is 11.6 Å². The highest BCUT2D eigenvalue weighted by Gasteiger charge is 2.57. The Balaban J connectivity index is 0.000000310. The second kappa shape index (κ2) is 43.5. The molecular weight excluding hydrogens is 1640 g/mol. The Morgan fingerprint density at radius 3 is 1.28 bits per heavy atom. The molecule has 4 amide bonds. The van der Waals surface area contributed by atoms with Crippen molar-refractivity contribution in [2.45, 2.75) is 370 Å². The third kappa shape index (κ3) is 24.8. The fourth-order valence-corrected chi connectivity index (χ4v) is 20.0. The maximum absolute atomic E-state index is 14.6. The molecule has 6 saturated heterocycles. The number of aliphatic hydroxyl groups is 10. The van der Waals surface area contributed by atoms with Crippen molar-refractivity contribution in [3.63, 3.8) is 0 Å². The number of esters is 2. The summed E-state index contributed by atoms with van der Waals surface area (Å²) in [5, 5.41) is 127. The highest BCUT2D eigenvalue weighted by Crippen LogP contribution is 2.45. The van der Waals surface area contributed by atoms with E-state index in [4.69, 9.17) is 68.4 Å². The number of nitrogens with one attached hydrogen (secondary N) is 2. The molecule has 0 aromatic heterocycles. The molecule has 33 heteroatoms. The normalized spacial score (nSPS) is 42.8. The van der Waals surface area contributed by atoms with E-state index in [9.17, 15) is 70.2 Å². The van der Waals surface area contributed by atoms with Gasteiger partial charge in [-0.15, -0.1) is 0 Å². The highest BCUT2D eigenvalue weighted by atomic mass is 35.5. The van der Waals surface area contributed by atoms with Crippen LogP contribution in [-0.4, -0.2) is 331 Å². The van der Waals surface area contributed by atoms with Gasteiger partial charge in [0.25, 0.3) is 0 Å². The summed E-state index contributed by atoms with van der Waals surface area (Å²) in [6, 6.07) is 15.8. The number of rotatable bonds is 16. The van der Waals surface area contributed by atoms with Gasteiger partial charge in [0.05, 0.1) is 101 Å². The quantitative estimate of drug-likeness (QED) is 0.0596. The van der Waals surface area contributed by atoms with Crippen LogP contribution in [0.4, 0.5) is 21.0 Å². The molecular formula is C92H151ClN6O26. The zero-order chi connectivity index (χ0) is 93.6. The van der Waals surface area contributed by atoms with Gasteiger partial charge in [-0.1, -0.05) is 95.6 Å². The first-order chi connectivity index (χ1) is 58.1. The number of ether oxygens (including phenoxy) is 12. The molecule has 32 nitrogen and oxygen atoms in total. The number of amides is 4. The summed E-state index contributed by atoms with van der Waals surface area (Å²) in [5.41, 5.74) is -8.84. The number of carbonyl (C=O) groups excluding carboxylic acids is 4. The fourth-order valence-electron chi connectivity index (χ4n) is 19.8. The highest BCUT2D eigenvalue weighted by molar-refractivity contribution is 6.30. The largest absolute Gasteiger partial charge is 0.459 e. The molecule has 6 fully saturated rings. The predicted octanol–water partition coefficient (Wildman–Crippen LogP) is 8.81. The third-order valence-electron chi connectivity index (χ3n) is 27.5. The predicted molar refractivity (Wildman–Crippen MR) is 470 cm³/mol. The topological polar surface area (TPSA) is 418 Å². The van der Waals surface area contributed by atoms with Gasteiger partial charge >= 0.3 is 24.0 Å². The van der Waals surface area contributed by atoms with Gasteiger partial charge in [0.2, 0.25) is 0 Å². The number of cyclic esters (lactones) is 2. The summed E-state index contributed by atoms with van der Waals surface area (Å²) in [5.74, 6) is -6.47. The second-order valence-corrected chi connectivity index (χ2v) is 39.1. The first-order valence-corrected chi connectivity index (χ1v) is 45.0. The van der Waals surface area contributed by atoms with Gasteiger partial charge in [-0.05, 0) is 205 Å². The standard InChI is InChI=1S/C48H77N3O13.C44H74ClN3O13/c1-14-36-48(10,58)40(53)30(6)51(45(56)49-34-21-17-19-32-18-15-16-20-33(32)34)25-26(2)23-46(8,57)42(64-44-38(52)35(50(11)12)22-27(3)60-44)28(4)39(29(5)43(55)62-36)63-37-24-47(9,59-13)41(54)31(7)61-37;1-14-32-44(10,55)36(50)27(6)48(41(53)46-30-17-15-16-29(45)19-30)22-23(2)20-42(8,54)38(61-40-34(49)31(47(11)12)18-24(3)57-40)25(4)35(26(5)39(52)59-32)60-33-21-43(9,56-13)37(51)28(7)58-33/h15-21,26-31,35-42,44,52-54,57-58H,14,22-25H2,1-13H3,(H,49,56);15-17,19,23-28,31-38,40,49-51,54-55H,14,18,20-22H2,1-13H3,(H,46,53)/t26-,27-,28+,29-,30-,31+,35+,36-,37+,38-,39+,40-,41+,42-,44+,46-,47-,48-;23-,24-,25+,26-,27-,28+,31+,32-,33+,34-,35+,36-,37+,38-,40+,42-,43-,44-/m11/s1. The summed E-state index contributed by atoms with van der Waals surface area (Å²) >= 11 is 6.23. The van der Waals surface area contributed by atoms with E-state index in [1.807, 2.05) is 102 Å². The van der Waals surface area contributed by atoms with Crippen LogP contribution in [0.25, 0.3) is 10.8 Å². The van der Waals surface area contributed by atoms with E-state index in [-0.39, 0.29) is 75.9 Å². The molecule has 6 aliphatic heterocycles. The average Bonchev–Trinajstić information content (AvgIpc) is 1.59. The molecule has 0 bridgehead atoms. The van der Waals surface area contributed by atoms with Crippen molar-refractivity contribution >= 4 is 57.7 Å². The summed E-state index contributed by atoms with van der Waals surface area (Å²) in [6.45, 7) is 33.7. The van der Waals surface area contributed by atoms with E-state index in [0.717, 1.165) is 10.8 Å². The number of likely N-dealkylation sites (N-methyl/N-ethyl adjacent to an activating group) is 2. The minimum Gasteiger partial charge on any atom is -0.459 e. The van der Waals surface area contributed by atoms with Crippen LogP contribution in [0.3, 0.4) is 0 Å². The summed E-state index contributed by atoms with van der Waals surface area (Å²) in [7, 11) is 10.4. The Bertz CT molecular complexity index is 3960. The number of benzene rings is 3. The van der Waals surface area contributed by atoms with E-state index >= 15 is 0 Å². The molecule has 9 rings (SSSR count). The van der Waals surface area contributed by atoms with E-state index in [2.05, 4.69) is 10.6 Å². The lowest BCUT2D eigenvalue weighted by Gasteiger charge is -2.48. The number of nitrogens with zero attached hydrogens (tertiary/aromatic N) is 4. The van der Waals surface area contributed by atoms with Crippen molar-refractivity contribution in [2.24, 2.45) is 35.5 Å². The van der Waals surface area contributed by atoms with Crippen molar-refractivity contribution in [3.05, 3.63) is 71.8 Å². The smallest absolute Gasteiger partial charge is 0.322 e. The molecule has 0 radical (unpaired) electrons. The number of urea groups is 2. The van der Waals surface area contributed by atoms with Gasteiger partial charge < -0.3 is 138 Å². The van der Waals surface area contributed by atoms with Crippen molar-refractivity contribution in [3.8, 4) is 0 Å². The Hall–Kier alpha value is -5.19. The Morgan fingerprint density at radius 1 is 0.512 bits per heavy atom. The zero-order valence-corrected chi connectivity index (χ0v) is 79.2. The Labute approximate surface area is 744 Å².